The molecule has 2 rings (SSSR count). The Bertz CT molecular complexity index is 600. The van der Waals surface area contributed by atoms with E-state index in [4.69, 9.17) is 4.74 Å². The van der Waals surface area contributed by atoms with E-state index >= 15 is 0 Å². The van der Waals surface area contributed by atoms with E-state index in [0.29, 0.717) is 17.3 Å². The standard InChI is InChI=1S/C15H18N2O2/c1-9(2)11-6-12(10(3)5-14(11)19-4)15-13(7-18)16-8-17-15/h5-9H,1-4H3,(H,16,17). The van der Waals surface area contributed by atoms with Crippen molar-refractivity contribution in [3.8, 4) is 17.0 Å². The van der Waals surface area contributed by atoms with E-state index in [0.717, 1.165) is 28.7 Å². The summed E-state index contributed by atoms with van der Waals surface area (Å²) >= 11 is 0. The lowest BCUT2D eigenvalue weighted by molar-refractivity contribution is 0.112. The molecule has 4 heteroatoms. The number of methoxy groups -OCH3 is 1. The van der Waals surface area contributed by atoms with E-state index in [-0.39, 0.29) is 0 Å². The summed E-state index contributed by atoms with van der Waals surface area (Å²) in [5, 5.41) is 0. The maximum Gasteiger partial charge on any atom is 0.168 e. The van der Waals surface area contributed by atoms with Gasteiger partial charge >= 0.3 is 0 Å². The molecular formula is C15H18N2O2. The molecule has 2 aromatic rings. The van der Waals surface area contributed by atoms with Crippen LogP contribution in [0.2, 0.25) is 0 Å². The van der Waals surface area contributed by atoms with Gasteiger partial charge in [-0.15, -0.1) is 0 Å². The van der Waals surface area contributed by atoms with Crippen LogP contribution in [0.25, 0.3) is 11.3 Å². The summed E-state index contributed by atoms with van der Waals surface area (Å²) in [6, 6.07) is 4.05. The van der Waals surface area contributed by atoms with Crippen LogP contribution in [0.5, 0.6) is 5.75 Å². The number of imidazole rings is 1. The van der Waals surface area contributed by atoms with Crippen LogP contribution in [-0.4, -0.2) is 23.4 Å². The number of aryl methyl sites for hydroxylation is 1. The number of nitrogens with one attached hydrogen (secondary N) is 1. The molecule has 4 nitrogen and oxygen atoms in total. The molecule has 0 radical (unpaired) electrons. The number of carbonyl (C=O) groups is 1. The fourth-order valence-electron chi connectivity index (χ4n) is 2.19. The average Bonchev–Trinajstić information content (AvgIpc) is 2.85. The first-order chi connectivity index (χ1) is 9.08. The number of H-pyrrole nitrogens is 1. The lowest BCUT2D eigenvalue weighted by Gasteiger charge is -2.15. The molecule has 100 valence electrons. The molecular weight excluding hydrogens is 240 g/mol. The van der Waals surface area contributed by atoms with Crippen LogP contribution in [0.4, 0.5) is 0 Å². The van der Waals surface area contributed by atoms with Gasteiger partial charge in [-0.3, -0.25) is 4.79 Å². The number of hydrogen-bond donors (Lipinski definition) is 1. The van der Waals surface area contributed by atoms with E-state index in [1.165, 1.54) is 6.33 Å². The molecule has 0 unspecified atom stereocenters. The van der Waals surface area contributed by atoms with Crippen molar-refractivity contribution in [1.29, 1.82) is 0 Å². The first-order valence-corrected chi connectivity index (χ1v) is 6.26. The highest BCUT2D eigenvalue weighted by atomic mass is 16.5. The molecule has 1 aromatic carbocycles. The van der Waals surface area contributed by atoms with Crippen molar-refractivity contribution in [1.82, 2.24) is 9.97 Å². The molecule has 0 bridgehead atoms. The third-order valence-corrected chi connectivity index (χ3v) is 3.24. The van der Waals surface area contributed by atoms with Crippen LogP contribution >= 0.6 is 0 Å². The number of aromatic nitrogens is 2. The van der Waals surface area contributed by atoms with Crippen molar-refractivity contribution >= 4 is 6.29 Å². The van der Waals surface area contributed by atoms with Gasteiger partial charge in [-0.05, 0) is 36.1 Å². The number of carbonyl (C=O) groups excluding carboxylic acids is 1. The Labute approximate surface area is 112 Å². The lowest BCUT2D eigenvalue weighted by atomic mass is 9.94. The van der Waals surface area contributed by atoms with Gasteiger partial charge in [0.2, 0.25) is 0 Å². The number of aldehydes is 1. The molecule has 0 atom stereocenters. The Morgan fingerprint density at radius 2 is 2.11 bits per heavy atom. The number of nitrogens with zero attached hydrogens (tertiary/aromatic N) is 1. The summed E-state index contributed by atoms with van der Waals surface area (Å²) in [5.74, 6) is 1.22. The molecule has 0 fully saturated rings. The smallest absolute Gasteiger partial charge is 0.168 e. The molecule has 19 heavy (non-hydrogen) atoms. The van der Waals surface area contributed by atoms with Crippen LogP contribution in [0, 0.1) is 6.92 Å². The predicted molar refractivity (Wildman–Crippen MR) is 74.8 cm³/mol. The molecule has 0 aliphatic carbocycles. The molecule has 0 saturated carbocycles. The number of aromatic amines is 1. The Morgan fingerprint density at radius 3 is 2.68 bits per heavy atom. The van der Waals surface area contributed by atoms with Crippen molar-refractivity contribution in [2.24, 2.45) is 0 Å². The van der Waals surface area contributed by atoms with E-state index < -0.39 is 0 Å². The van der Waals surface area contributed by atoms with Crippen LogP contribution in [-0.2, 0) is 0 Å². The minimum Gasteiger partial charge on any atom is -0.496 e. The Hall–Kier alpha value is -2.10. The van der Waals surface area contributed by atoms with Gasteiger partial charge in [-0.2, -0.15) is 0 Å². The fraction of sp³-hybridized carbons (Fsp3) is 0.333. The minimum absolute atomic E-state index is 0.341. The van der Waals surface area contributed by atoms with Crippen LogP contribution in [0.1, 0.15) is 41.4 Å². The van der Waals surface area contributed by atoms with Crippen LogP contribution in [0.15, 0.2) is 18.5 Å². The number of rotatable bonds is 4. The van der Waals surface area contributed by atoms with Gasteiger partial charge < -0.3 is 9.72 Å². The van der Waals surface area contributed by atoms with E-state index in [9.17, 15) is 4.79 Å². The zero-order valence-electron chi connectivity index (χ0n) is 11.7. The Kier molecular flexibility index (Phi) is 3.69. The third kappa shape index (κ3) is 2.38. The van der Waals surface area contributed by atoms with Gasteiger partial charge in [0, 0.05) is 5.56 Å². The fourth-order valence-corrected chi connectivity index (χ4v) is 2.19. The van der Waals surface area contributed by atoms with E-state index in [2.05, 4.69) is 29.9 Å². The second kappa shape index (κ2) is 5.26. The minimum atomic E-state index is 0.341. The molecule has 1 heterocycles. The highest BCUT2D eigenvalue weighted by molar-refractivity contribution is 5.84. The molecule has 0 amide bonds. The second-order valence-electron chi connectivity index (χ2n) is 4.85. The summed E-state index contributed by atoms with van der Waals surface area (Å²) in [6.45, 7) is 6.22. The molecule has 0 spiro atoms. The van der Waals surface area contributed by atoms with Gasteiger partial charge in [0.05, 0.1) is 19.1 Å². The summed E-state index contributed by atoms with van der Waals surface area (Å²) in [7, 11) is 1.67. The van der Waals surface area contributed by atoms with Crippen molar-refractivity contribution < 1.29 is 9.53 Å². The normalized spacial score (nSPS) is 10.8. The summed E-state index contributed by atoms with van der Waals surface area (Å²) in [4.78, 5) is 18.1. The molecule has 1 N–H and O–H groups in total. The van der Waals surface area contributed by atoms with Gasteiger partial charge in [0.25, 0.3) is 0 Å². The van der Waals surface area contributed by atoms with Crippen molar-refractivity contribution in [3.05, 3.63) is 35.3 Å². The monoisotopic (exact) mass is 258 g/mol. The van der Waals surface area contributed by atoms with E-state index in [1.54, 1.807) is 7.11 Å². The van der Waals surface area contributed by atoms with Gasteiger partial charge in [-0.1, -0.05) is 13.8 Å². The number of hydrogen-bond acceptors (Lipinski definition) is 3. The van der Waals surface area contributed by atoms with Crippen LogP contribution < -0.4 is 4.74 Å². The molecule has 0 saturated heterocycles. The quantitative estimate of drug-likeness (QED) is 0.856. The zero-order valence-corrected chi connectivity index (χ0v) is 11.7. The van der Waals surface area contributed by atoms with Crippen molar-refractivity contribution in [2.45, 2.75) is 26.7 Å². The Balaban J connectivity index is 2.64. The van der Waals surface area contributed by atoms with Crippen LogP contribution in [0.3, 0.4) is 0 Å². The molecule has 1 aromatic heterocycles. The van der Waals surface area contributed by atoms with E-state index in [1.807, 2.05) is 13.0 Å². The van der Waals surface area contributed by atoms with Crippen molar-refractivity contribution in [3.63, 3.8) is 0 Å². The lowest BCUT2D eigenvalue weighted by Crippen LogP contribution is -1.98. The highest BCUT2D eigenvalue weighted by Crippen LogP contribution is 2.34. The third-order valence-electron chi connectivity index (χ3n) is 3.24. The number of benzene rings is 1. The SMILES string of the molecule is COc1cc(C)c(-c2nc[nH]c2C=O)cc1C(C)C. The summed E-state index contributed by atoms with van der Waals surface area (Å²) in [6.07, 6.45) is 2.33. The zero-order chi connectivity index (χ0) is 14.0. The number of ether oxygens (including phenoxy) is 1. The average molecular weight is 258 g/mol. The topological polar surface area (TPSA) is 55.0 Å². The highest BCUT2D eigenvalue weighted by Gasteiger charge is 2.15. The maximum absolute atomic E-state index is 11.0. The van der Waals surface area contributed by atoms with Gasteiger partial charge in [-0.25, -0.2) is 4.98 Å². The molecule has 0 aliphatic heterocycles. The van der Waals surface area contributed by atoms with Gasteiger partial charge in [0.15, 0.2) is 6.29 Å². The summed E-state index contributed by atoms with van der Waals surface area (Å²) in [5.41, 5.74) is 4.31. The van der Waals surface area contributed by atoms with Crippen molar-refractivity contribution in [2.75, 3.05) is 7.11 Å². The molecule has 0 aliphatic rings. The summed E-state index contributed by atoms with van der Waals surface area (Å²) < 4.78 is 5.42. The first-order valence-electron chi connectivity index (χ1n) is 6.26. The Morgan fingerprint density at radius 1 is 1.37 bits per heavy atom. The predicted octanol–water partition coefficient (Wildman–Crippen LogP) is 3.33. The van der Waals surface area contributed by atoms with Gasteiger partial charge in [0.1, 0.15) is 11.4 Å². The largest absolute Gasteiger partial charge is 0.496 e. The second-order valence-corrected chi connectivity index (χ2v) is 4.85. The maximum atomic E-state index is 11.0. The first kappa shape index (κ1) is 13.3.